The Balaban J connectivity index is 1.33. The first kappa shape index (κ1) is 19.4. The lowest BCUT2D eigenvalue weighted by Crippen LogP contribution is -2.30. The number of pyridine rings is 1. The highest BCUT2D eigenvalue weighted by atomic mass is 16.5. The van der Waals surface area contributed by atoms with E-state index in [9.17, 15) is 4.79 Å². The fourth-order valence-electron chi connectivity index (χ4n) is 4.19. The number of anilines is 2. The van der Waals surface area contributed by atoms with Gasteiger partial charge in [-0.3, -0.25) is 4.79 Å². The molecule has 3 aromatic carbocycles. The maximum absolute atomic E-state index is 12.6. The molecule has 0 unspecified atom stereocenters. The lowest BCUT2D eigenvalue weighted by molar-refractivity contribution is -0.118. The van der Waals surface area contributed by atoms with Crippen molar-refractivity contribution < 1.29 is 9.53 Å². The van der Waals surface area contributed by atoms with Crippen LogP contribution < -0.4 is 15.0 Å². The second-order valence-corrected chi connectivity index (χ2v) is 7.91. The van der Waals surface area contributed by atoms with Gasteiger partial charge in [0.2, 0.25) is 0 Å². The van der Waals surface area contributed by atoms with Crippen LogP contribution in [0.15, 0.2) is 72.8 Å². The molecule has 1 fully saturated rings. The third kappa shape index (κ3) is 4.17. The summed E-state index contributed by atoms with van der Waals surface area (Å²) in [6.45, 7) is 2.00. The number of benzene rings is 3. The number of amides is 1. The van der Waals surface area contributed by atoms with E-state index in [1.807, 2.05) is 60.7 Å². The number of carbonyl (C=O) groups is 1. The smallest absolute Gasteiger partial charge is 0.262 e. The lowest BCUT2D eigenvalue weighted by atomic mass is 10.1. The Morgan fingerprint density at radius 2 is 1.65 bits per heavy atom. The van der Waals surface area contributed by atoms with Crippen LogP contribution in [0.25, 0.3) is 21.7 Å². The van der Waals surface area contributed by atoms with Crippen LogP contribution in [0.1, 0.15) is 19.3 Å². The summed E-state index contributed by atoms with van der Waals surface area (Å²) in [5.74, 6) is 1.41. The predicted molar refractivity (Wildman–Crippen MR) is 126 cm³/mol. The standard InChI is InChI=1S/C26H25N3O2/c30-25(27-22-12-6-9-19-8-2-3-11-21(19)22)18-31-23-13-7-10-20-14-15-24(28-26(20)23)29-16-4-1-5-17-29/h2-3,6-15H,1,4-5,16-18H2,(H,27,30). The molecule has 31 heavy (non-hydrogen) atoms. The summed E-state index contributed by atoms with van der Waals surface area (Å²) in [4.78, 5) is 19.8. The van der Waals surface area contributed by atoms with Crippen LogP contribution in [0, 0.1) is 0 Å². The summed E-state index contributed by atoms with van der Waals surface area (Å²) < 4.78 is 5.91. The van der Waals surface area contributed by atoms with Crippen LogP contribution in [0.5, 0.6) is 5.75 Å². The number of hydrogen-bond donors (Lipinski definition) is 1. The highest BCUT2D eigenvalue weighted by Crippen LogP contribution is 2.28. The summed E-state index contributed by atoms with van der Waals surface area (Å²) in [6.07, 6.45) is 3.68. The van der Waals surface area contributed by atoms with Gasteiger partial charge in [0.25, 0.3) is 5.91 Å². The molecule has 1 saturated heterocycles. The molecular formula is C26H25N3O2. The Labute approximate surface area is 181 Å². The minimum Gasteiger partial charge on any atom is -0.481 e. The lowest BCUT2D eigenvalue weighted by Gasteiger charge is -2.28. The maximum atomic E-state index is 12.6. The van der Waals surface area contributed by atoms with Crippen molar-refractivity contribution in [2.75, 3.05) is 29.9 Å². The number of piperidine rings is 1. The summed E-state index contributed by atoms with van der Waals surface area (Å²) in [5, 5.41) is 6.08. The van der Waals surface area contributed by atoms with E-state index in [0.29, 0.717) is 5.75 Å². The van der Waals surface area contributed by atoms with Gasteiger partial charge in [0.15, 0.2) is 6.61 Å². The molecule has 1 aromatic heterocycles. The van der Waals surface area contributed by atoms with Crippen LogP contribution in [0.3, 0.4) is 0 Å². The second-order valence-electron chi connectivity index (χ2n) is 7.91. The normalized spacial score (nSPS) is 14.0. The number of aromatic nitrogens is 1. The Kier molecular flexibility index (Phi) is 5.40. The second kappa shape index (κ2) is 8.64. The molecule has 0 bridgehead atoms. The van der Waals surface area contributed by atoms with Crippen molar-refractivity contribution >= 4 is 39.1 Å². The maximum Gasteiger partial charge on any atom is 0.262 e. The molecule has 4 aromatic rings. The van der Waals surface area contributed by atoms with E-state index >= 15 is 0 Å². The van der Waals surface area contributed by atoms with Gasteiger partial charge in [0.05, 0.1) is 0 Å². The van der Waals surface area contributed by atoms with E-state index in [1.54, 1.807) is 0 Å². The highest BCUT2D eigenvalue weighted by Gasteiger charge is 2.14. The fourth-order valence-corrected chi connectivity index (χ4v) is 4.19. The quantitative estimate of drug-likeness (QED) is 0.478. The Morgan fingerprint density at radius 3 is 2.55 bits per heavy atom. The molecule has 0 atom stereocenters. The average Bonchev–Trinajstić information content (AvgIpc) is 2.83. The van der Waals surface area contributed by atoms with Crippen molar-refractivity contribution in [3.63, 3.8) is 0 Å². The predicted octanol–water partition coefficient (Wildman–Crippen LogP) is 5.40. The van der Waals surface area contributed by atoms with Gasteiger partial charge < -0.3 is 15.0 Å². The van der Waals surface area contributed by atoms with Crippen molar-refractivity contribution in [2.24, 2.45) is 0 Å². The van der Waals surface area contributed by atoms with E-state index in [-0.39, 0.29) is 12.5 Å². The Morgan fingerprint density at radius 1 is 0.871 bits per heavy atom. The number of carbonyl (C=O) groups excluding carboxylic acids is 1. The molecular weight excluding hydrogens is 386 g/mol. The number of rotatable bonds is 5. The molecule has 0 aliphatic carbocycles. The molecule has 0 spiro atoms. The van der Waals surface area contributed by atoms with Gasteiger partial charge in [-0.1, -0.05) is 48.5 Å². The first-order valence-corrected chi connectivity index (χ1v) is 10.8. The average molecular weight is 412 g/mol. The molecule has 1 N–H and O–H groups in total. The molecule has 156 valence electrons. The van der Waals surface area contributed by atoms with Crippen LogP contribution >= 0.6 is 0 Å². The topological polar surface area (TPSA) is 54.5 Å². The number of fused-ring (bicyclic) bond motifs is 2. The van der Waals surface area contributed by atoms with Crippen LogP contribution in [0.4, 0.5) is 11.5 Å². The third-order valence-corrected chi connectivity index (χ3v) is 5.77. The first-order valence-electron chi connectivity index (χ1n) is 10.8. The number of nitrogens with zero attached hydrogens (tertiary/aromatic N) is 2. The summed E-state index contributed by atoms with van der Waals surface area (Å²) >= 11 is 0. The highest BCUT2D eigenvalue weighted by molar-refractivity contribution is 6.02. The van der Waals surface area contributed by atoms with Gasteiger partial charge >= 0.3 is 0 Å². The van der Waals surface area contributed by atoms with E-state index in [0.717, 1.165) is 46.3 Å². The van der Waals surface area contributed by atoms with Gasteiger partial charge in [-0.25, -0.2) is 4.98 Å². The van der Waals surface area contributed by atoms with Gasteiger partial charge in [-0.15, -0.1) is 0 Å². The van der Waals surface area contributed by atoms with Crippen LogP contribution in [0.2, 0.25) is 0 Å². The van der Waals surface area contributed by atoms with E-state index in [2.05, 4.69) is 22.3 Å². The number of ether oxygens (including phenoxy) is 1. The first-order chi connectivity index (χ1) is 15.3. The van der Waals surface area contributed by atoms with Crippen LogP contribution in [-0.4, -0.2) is 30.6 Å². The molecule has 0 radical (unpaired) electrons. The minimum absolute atomic E-state index is 0.0715. The third-order valence-electron chi connectivity index (χ3n) is 5.77. The number of para-hydroxylation sites is 1. The molecule has 0 saturated carbocycles. The minimum atomic E-state index is -0.194. The molecule has 5 nitrogen and oxygen atoms in total. The summed E-state index contributed by atoms with van der Waals surface area (Å²) in [5.41, 5.74) is 1.58. The van der Waals surface area contributed by atoms with Gasteiger partial charge in [-0.05, 0) is 48.9 Å². The van der Waals surface area contributed by atoms with Gasteiger partial charge in [0, 0.05) is 29.5 Å². The van der Waals surface area contributed by atoms with Crippen molar-refractivity contribution in [3.8, 4) is 5.75 Å². The fraction of sp³-hybridized carbons (Fsp3) is 0.231. The SMILES string of the molecule is O=C(COc1cccc2ccc(N3CCCCC3)nc12)Nc1cccc2ccccc12. The van der Waals surface area contributed by atoms with E-state index < -0.39 is 0 Å². The molecule has 2 heterocycles. The molecule has 1 amide bonds. The Bertz CT molecular complexity index is 1230. The largest absolute Gasteiger partial charge is 0.481 e. The zero-order chi connectivity index (χ0) is 21.0. The van der Waals surface area contributed by atoms with E-state index in [1.165, 1.54) is 19.3 Å². The molecule has 1 aliphatic heterocycles. The summed E-state index contributed by atoms with van der Waals surface area (Å²) in [7, 11) is 0. The van der Waals surface area contributed by atoms with Crippen molar-refractivity contribution in [1.29, 1.82) is 0 Å². The zero-order valence-corrected chi connectivity index (χ0v) is 17.4. The van der Waals surface area contributed by atoms with E-state index in [4.69, 9.17) is 9.72 Å². The zero-order valence-electron chi connectivity index (χ0n) is 17.4. The number of nitrogens with one attached hydrogen (secondary N) is 1. The van der Waals surface area contributed by atoms with Gasteiger partial charge in [-0.2, -0.15) is 0 Å². The molecule has 1 aliphatic rings. The Hall–Kier alpha value is -3.60. The monoisotopic (exact) mass is 411 g/mol. The molecule has 5 heteroatoms. The van der Waals surface area contributed by atoms with Gasteiger partial charge in [0.1, 0.15) is 17.1 Å². The number of hydrogen-bond acceptors (Lipinski definition) is 4. The van der Waals surface area contributed by atoms with Crippen molar-refractivity contribution in [3.05, 3.63) is 72.8 Å². The van der Waals surface area contributed by atoms with Crippen molar-refractivity contribution in [2.45, 2.75) is 19.3 Å². The van der Waals surface area contributed by atoms with Crippen LogP contribution in [-0.2, 0) is 4.79 Å². The summed E-state index contributed by atoms with van der Waals surface area (Å²) in [6, 6.07) is 23.8. The molecule has 5 rings (SSSR count). The van der Waals surface area contributed by atoms with Crippen molar-refractivity contribution in [1.82, 2.24) is 4.98 Å².